The minimum atomic E-state index is -0.214. The predicted molar refractivity (Wildman–Crippen MR) is 79.7 cm³/mol. The number of urea groups is 1. The average Bonchev–Trinajstić information content (AvgIpc) is 3.13. The highest BCUT2D eigenvalue weighted by molar-refractivity contribution is 5.74. The molecule has 1 aliphatic heterocycles. The molecule has 114 valence electrons. The number of amides is 2. The van der Waals surface area contributed by atoms with E-state index < -0.39 is 0 Å². The number of nitrogens with one attached hydrogen (secondary N) is 2. The van der Waals surface area contributed by atoms with E-state index in [1.54, 1.807) is 0 Å². The van der Waals surface area contributed by atoms with Crippen LogP contribution in [0.2, 0.25) is 0 Å². The van der Waals surface area contributed by atoms with Crippen LogP contribution in [0.25, 0.3) is 0 Å². The lowest BCUT2D eigenvalue weighted by atomic mass is 9.96. The van der Waals surface area contributed by atoms with Crippen LogP contribution in [0.3, 0.4) is 0 Å². The maximum Gasteiger partial charge on any atom is 0.317 e. The molecule has 21 heavy (non-hydrogen) atoms. The molecule has 2 aliphatic rings. The molecule has 1 aromatic carbocycles. The summed E-state index contributed by atoms with van der Waals surface area (Å²) < 4.78 is 13.0. The van der Waals surface area contributed by atoms with E-state index in [-0.39, 0.29) is 17.3 Å². The summed E-state index contributed by atoms with van der Waals surface area (Å²) in [6.45, 7) is 2.21. The van der Waals surface area contributed by atoms with Crippen molar-refractivity contribution in [1.82, 2.24) is 15.5 Å². The molecule has 2 N–H and O–H groups in total. The van der Waals surface area contributed by atoms with Crippen molar-refractivity contribution in [2.45, 2.75) is 30.7 Å². The third-order valence-electron chi connectivity index (χ3n) is 4.77. The molecule has 0 bridgehead atoms. The number of nitrogens with zero attached hydrogens (tertiary/aromatic N) is 1. The molecule has 1 aliphatic carbocycles. The topological polar surface area (TPSA) is 44.4 Å². The van der Waals surface area contributed by atoms with E-state index in [2.05, 4.69) is 10.6 Å². The van der Waals surface area contributed by atoms with E-state index in [4.69, 9.17) is 0 Å². The monoisotopic (exact) mass is 291 g/mol. The van der Waals surface area contributed by atoms with Gasteiger partial charge in [-0.05, 0) is 44.0 Å². The van der Waals surface area contributed by atoms with Crippen LogP contribution in [0.15, 0.2) is 24.3 Å². The molecule has 1 atom stereocenters. The first-order chi connectivity index (χ1) is 10.1. The minimum absolute atomic E-state index is 0.0149. The molecule has 1 heterocycles. The number of carbonyl (C=O) groups excluding carboxylic acids is 1. The van der Waals surface area contributed by atoms with Crippen LogP contribution in [0.5, 0.6) is 0 Å². The van der Waals surface area contributed by atoms with Crippen molar-refractivity contribution >= 4 is 6.03 Å². The van der Waals surface area contributed by atoms with E-state index in [1.165, 1.54) is 12.1 Å². The number of hydrogen-bond acceptors (Lipinski definition) is 2. The molecule has 1 saturated carbocycles. The highest BCUT2D eigenvalue weighted by Gasteiger charge is 2.44. The van der Waals surface area contributed by atoms with E-state index in [9.17, 15) is 9.18 Å². The molecule has 0 radical (unpaired) electrons. The Morgan fingerprint density at radius 3 is 2.67 bits per heavy atom. The molecule has 4 nitrogen and oxygen atoms in total. The SMILES string of the molecule is CNC1CCN(C(=O)NCC2(c3ccc(F)cc3)CC2)C1. The van der Waals surface area contributed by atoms with Gasteiger partial charge in [-0.1, -0.05) is 12.1 Å². The van der Waals surface area contributed by atoms with Gasteiger partial charge in [-0.25, -0.2) is 9.18 Å². The standard InChI is InChI=1S/C16H22FN3O/c1-18-14-6-9-20(10-14)15(21)19-11-16(7-8-16)12-2-4-13(17)5-3-12/h2-5,14,18H,6-11H2,1H3,(H,19,21). The maximum absolute atomic E-state index is 13.0. The van der Waals surface area contributed by atoms with Crippen molar-refractivity contribution in [3.63, 3.8) is 0 Å². The van der Waals surface area contributed by atoms with Crippen LogP contribution in [0.1, 0.15) is 24.8 Å². The van der Waals surface area contributed by atoms with Gasteiger partial charge in [0.2, 0.25) is 0 Å². The molecule has 5 heteroatoms. The zero-order valence-corrected chi connectivity index (χ0v) is 12.4. The number of likely N-dealkylation sites (N-methyl/N-ethyl adjacent to an activating group) is 1. The predicted octanol–water partition coefficient (Wildman–Crippen LogP) is 1.86. The van der Waals surface area contributed by atoms with Gasteiger partial charge in [0, 0.05) is 31.1 Å². The molecule has 1 saturated heterocycles. The van der Waals surface area contributed by atoms with Crippen LogP contribution in [0.4, 0.5) is 9.18 Å². The van der Waals surface area contributed by atoms with E-state index in [1.807, 2.05) is 24.1 Å². The number of hydrogen-bond donors (Lipinski definition) is 2. The molecule has 3 rings (SSSR count). The van der Waals surface area contributed by atoms with Gasteiger partial charge in [-0.2, -0.15) is 0 Å². The Bertz CT molecular complexity index is 513. The zero-order valence-electron chi connectivity index (χ0n) is 12.4. The van der Waals surface area contributed by atoms with Gasteiger partial charge in [0.15, 0.2) is 0 Å². The van der Waals surface area contributed by atoms with Crippen molar-refractivity contribution < 1.29 is 9.18 Å². The summed E-state index contributed by atoms with van der Waals surface area (Å²) in [6.07, 6.45) is 3.11. The molecular formula is C16H22FN3O. The smallest absolute Gasteiger partial charge is 0.317 e. The van der Waals surface area contributed by atoms with Gasteiger partial charge >= 0.3 is 6.03 Å². The Morgan fingerprint density at radius 1 is 1.38 bits per heavy atom. The molecule has 2 fully saturated rings. The van der Waals surface area contributed by atoms with E-state index >= 15 is 0 Å². The second-order valence-corrected chi connectivity index (χ2v) is 6.17. The van der Waals surface area contributed by atoms with Gasteiger partial charge in [-0.15, -0.1) is 0 Å². The number of rotatable bonds is 4. The molecule has 2 amide bonds. The molecule has 1 aromatic rings. The fourth-order valence-electron chi connectivity index (χ4n) is 3.06. The van der Waals surface area contributed by atoms with Crippen molar-refractivity contribution in [1.29, 1.82) is 0 Å². The maximum atomic E-state index is 13.0. The van der Waals surface area contributed by atoms with Crippen molar-refractivity contribution in [2.75, 3.05) is 26.7 Å². The van der Waals surface area contributed by atoms with Crippen molar-refractivity contribution in [2.24, 2.45) is 0 Å². The molecule has 0 spiro atoms. The summed E-state index contributed by atoms with van der Waals surface area (Å²) in [5.41, 5.74) is 1.14. The fraction of sp³-hybridized carbons (Fsp3) is 0.562. The zero-order chi connectivity index (χ0) is 14.9. The largest absolute Gasteiger partial charge is 0.337 e. The Labute approximate surface area is 124 Å². The van der Waals surface area contributed by atoms with Crippen LogP contribution in [0, 0.1) is 5.82 Å². The van der Waals surface area contributed by atoms with Crippen molar-refractivity contribution in [3.8, 4) is 0 Å². The van der Waals surface area contributed by atoms with Crippen LogP contribution in [-0.2, 0) is 5.41 Å². The molecule has 0 aromatic heterocycles. The Balaban J connectivity index is 1.55. The van der Waals surface area contributed by atoms with Gasteiger partial charge in [-0.3, -0.25) is 0 Å². The van der Waals surface area contributed by atoms with E-state index in [0.717, 1.165) is 37.9 Å². The van der Waals surface area contributed by atoms with Gasteiger partial charge in [0.05, 0.1) is 0 Å². The summed E-state index contributed by atoms with van der Waals surface area (Å²) in [7, 11) is 1.93. The Morgan fingerprint density at radius 2 is 2.10 bits per heavy atom. The lowest BCUT2D eigenvalue weighted by molar-refractivity contribution is 0.206. The first kappa shape index (κ1) is 14.3. The summed E-state index contributed by atoms with van der Waals surface area (Å²) in [4.78, 5) is 14.1. The van der Waals surface area contributed by atoms with Crippen LogP contribution in [-0.4, -0.2) is 43.7 Å². The molecule has 1 unspecified atom stereocenters. The highest BCUT2D eigenvalue weighted by Crippen LogP contribution is 2.47. The average molecular weight is 291 g/mol. The second kappa shape index (κ2) is 5.64. The Hall–Kier alpha value is -1.62. The van der Waals surface area contributed by atoms with Gasteiger partial charge in [0.1, 0.15) is 5.82 Å². The van der Waals surface area contributed by atoms with Gasteiger partial charge in [0.25, 0.3) is 0 Å². The number of halogens is 1. The minimum Gasteiger partial charge on any atom is -0.337 e. The number of likely N-dealkylation sites (tertiary alicyclic amines) is 1. The normalized spacial score (nSPS) is 23.1. The third kappa shape index (κ3) is 3.02. The fourth-order valence-corrected chi connectivity index (χ4v) is 3.06. The Kier molecular flexibility index (Phi) is 3.85. The quantitative estimate of drug-likeness (QED) is 0.889. The second-order valence-electron chi connectivity index (χ2n) is 6.17. The lowest BCUT2D eigenvalue weighted by Gasteiger charge is -2.21. The van der Waals surface area contributed by atoms with Crippen LogP contribution < -0.4 is 10.6 Å². The first-order valence-electron chi connectivity index (χ1n) is 7.59. The summed E-state index contributed by atoms with van der Waals surface area (Å²) in [6, 6.07) is 7.08. The van der Waals surface area contributed by atoms with E-state index in [0.29, 0.717) is 12.6 Å². The molecular weight excluding hydrogens is 269 g/mol. The number of carbonyl (C=O) groups is 1. The number of benzene rings is 1. The van der Waals surface area contributed by atoms with Crippen molar-refractivity contribution in [3.05, 3.63) is 35.6 Å². The third-order valence-corrected chi connectivity index (χ3v) is 4.77. The summed E-state index contributed by atoms with van der Waals surface area (Å²) in [5.74, 6) is -0.214. The summed E-state index contributed by atoms with van der Waals surface area (Å²) in [5, 5.41) is 6.26. The first-order valence-corrected chi connectivity index (χ1v) is 7.59. The highest BCUT2D eigenvalue weighted by atomic mass is 19.1. The van der Waals surface area contributed by atoms with Crippen LogP contribution >= 0.6 is 0 Å². The van der Waals surface area contributed by atoms with Gasteiger partial charge < -0.3 is 15.5 Å². The summed E-state index contributed by atoms with van der Waals surface area (Å²) >= 11 is 0. The lowest BCUT2D eigenvalue weighted by Crippen LogP contribution is -2.43.